The van der Waals surface area contributed by atoms with E-state index in [0.29, 0.717) is 17.9 Å². The number of nitrogens with zero attached hydrogens (tertiary/aromatic N) is 1. The molecule has 0 aliphatic heterocycles. The van der Waals surface area contributed by atoms with Gasteiger partial charge in [-0.15, -0.1) is 0 Å². The van der Waals surface area contributed by atoms with Crippen molar-refractivity contribution in [2.24, 2.45) is 0 Å². The number of ketones is 1. The lowest BCUT2D eigenvalue weighted by Crippen LogP contribution is -2.04. The molecule has 0 fully saturated rings. The molecule has 0 spiro atoms. The molecular formula is C16H17NO2. The fraction of sp³-hybridized carbons (Fsp3) is 0.250. The van der Waals surface area contributed by atoms with Crippen molar-refractivity contribution in [3.63, 3.8) is 0 Å². The summed E-state index contributed by atoms with van der Waals surface area (Å²) < 4.78 is 5.79. The molecule has 3 heteroatoms. The highest BCUT2D eigenvalue weighted by molar-refractivity contribution is 5.93. The summed E-state index contributed by atoms with van der Waals surface area (Å²) in [6.07, 6.45) is 2.02. The van der Waals surface area contributed by atoms with Crippen LogP contribution in [0.2, 0.25) is 0 Å². The first-order chi connectivity index (χ1) is 9.20. The molecule has 2 aromatic rings. The average Bonchev–Trinajstić information content (AvgIpc) is 2.48. The molecule has 1 aromatic heterocycles. The van der Waals surface area contributed by atoms with E-state index in [9.17, 15) is 4.79 Å². The van der Waals surface area contributed by atoms with Crippen LogP contribution in [-0.2, 0) is 0 Å². The van der Waals surface area contributed by atoms with Gasteiger partial charge in [-0.3, -0.25) is 4.79 Å². The van der Waals surface area contributed by atoms with Crippen molar-refractivity contribution in [1.29, 1.82) is 0 Å². The van der Waals surface area contributed by atoms with Crippen LogP contribution in [-0.4, -0.2) is 10.8 Å². The van der Waals surface area contributed by atoms with Crippen molar-refractivity contribution in [2.75, 3.05) is 0 Å². The summed E-state index contributed by atoms with van der Waals surface area (Å²) in [6, 6.07) is 13.5. The van der Waals surface area contributed by atoms with Gasteiger partial charge in [-0.25, -0.2) is 4.98 Å². The van der Waals surface area contributed by atoms with Gasteiger partial charge in [0.2, 0.25) is 0 Å². The summed E-state index contributed by atoms with van der Waals surface area (Å²) in [4.78, 5) is 15.6. The second kappa shape index (κ2) is 6.14. The summed E-state index contributed by atoms with van der Waals surface area (Å²) in [7, 11) is 0. The highest BCUT2D eigenvalue weighted by Crippen LogP contribution is 2.20. The van der Waals surface area contributed by atoms with Gasteiger partial charge in [0.1, 0.15) is 17.5 Å². The zero-order valence-electron chi connectivity index (χ0n) is 11.2. The second-order valence-corrected chi connectivity index (χ2v) is 4.33. The Kier molecular flexibility index (Phi) is 4.29. The van der Waals surface area contributed by atoms with Gasteiger partial charge < -0.3 is 4.74 Å². The molecule has 0 aliphatic rings. The largest absolute Gasteiger partial charge is 0.484 e. The highest BCUT2D eigenvalue weighted by atomic mass is 16.5. The third-order valence-electron chi connectivity index (χ3n) is 2.92. The van der Waals surface area contributed by atoms with Crippen molar-refractivity contribution in [3.8, 4) is 5.75 Å². The topological polar surface area (TPSA) is 39.2 Å². The molecule has 0 N–H and O–H groups in total. The highest BCUT2D eigenvalue weighted by Gasteiger charge is 2.08. The summed E-state index contributed by atoms with van der Waals surface area (Å²) in [5.74, 6) is 0.715. The SMILES string of the molecule is CCC(=O)c1ccc(OC(C)c2ccccc2)cn1. The predicted octanol–water partition coefficient (Wildman–Crippen LogP) is 3.81. The lowest BCUT2D eigenvalue weighted by atomic mass is 10.1. The number of benzene rings is 1. The lowest BCUT2D eigenvalue weighted by Gasteiger charge is -2.14. The maximum Gasteiger partial charge on any atom is 0.180 e. The number of hydrogen-bond donors (Lipinski definition) is 0. The first-order valence-electron chi connectivity index (χ1n) is 6.41. The van der Waals surface area contributed by atoms with E-state index in [1.807, 2.05) is 44.2 Å². The van der Waals surface area contributed by atoms with Crippen molar-refractivity contribution in [2.45, 2.75) is 26.4 Å². The van der Waals surface area contributed by atoms with E-state index >= 15 is 0 Å². The molecule has 1 heterocycles. The maximum absolute atomic E-state index is 11.5. The number of hydrogen-bond acceptors (Lipinski definition) is 3. The van der Waals surface area contributed by atoms with E-state index < -0.39 is 0 Å². The molecule has 98 valence electrons. The number of aromatic nitrogens is 1. The van der Waals surface area contributed by atoms with Crippen LogP contribution in [0.4, 0.5) is 0 Å². The Bertz CT molecular complexity index is 534. The van der Waals surface area contributed by atoms with E-state index in [1.54, 1.807) is 18.3 Å². The summed E-state index contributed by atoms with van der Waals surface area (Å²) in [6.45, 7) is 3.81. The Morgan fingerprint density at radius 3 is 2.53 bits per heavy atom. The molecule has 0 bridgehead atoms. The van der Waals surface area contributed by atoms with E-state index in [1.165, 1.54) is 0 Å². The molecule has 0 aliphatic carbocycles. The number of carbonyl (C=O) groups is 1. The fourth-order valence-corrected chi connectivity index (χ4v) is 1.79. The van der Waals surface area contributed by atoms with Crippen LogP contribution in [0.3, 0.4) is 0 Å². The minimum Gasteiger partial charge on any atom is -0.484 e. The normalized spacial score (nSPS) is 11.9. The molecule has 2 rings (SSSR count). The van der Waals surface area contributed by atoms with Gasteiger partial charge in [0.15, 0.2) is 5.78 Å². The van der Waals surface area contributed by atoms with Gasteiger partial charge in [0.25, 0.3) is 0 Å². The van der Waals surface area contributed by atoms with Crippen molar-refractivity contribution >= 4 is 5.78 Å². The van der Waals surface area contributed by atoms with Crippen molar-refractivity contribution in [3.05, 3.63) is 59.9 Å². The Labute approximate surface area is 113 Å². The number of ether oxygens (including phenoxy) is 1. The van der Waals surface area contributed by atoms with Crippen LogP contribution < -0.4 is 4.74 Å². The first-order valence-corrected chi connectivity index (χ1v) is 6.41. The Balaban J connectivity index is 2.06. The average molecular weight is 255 g/mol. The van der Waals surface area contributed by atoms with E-state index in [4.69, 9.17) is 4.74 Å². The van der Waals surface area contributed by atoms with Gasteiger partial charge in [0, 0.05) is 6.42 Å². The Morgan fingerprint density at radius 1 is 1.21 bits per heavy atom. The molecule has 1 unspecified atom stereocenters. The molecule has 19 heavy (non-hydrogen) atoms. The predicted molar refractivity (Wildman–Crippen MR) is 74.3 cm³/mol. The zero-order valence-corrected chi connectivity index (χ0v) is 11.2. The Hall–Kier alpha value is -2.16. The number of Topliss-reactive ketones (excluding diaryl/α,β-unsaturated/α-hetero) is 1. The molecular weight excluding hydrogens is 238 g/mol. The van der Waals surface area contributed by atoms with E-state index in [2.05, 4.69) is 4.98 Å². The van der Waals surface area contributed by atoms with Crippen molar-refractivity contribution < 1.29 is 9.53 Å². The van der Waals surface area contributed by atoms with Crippen LogP contribution in [0.25, 0.3) is 0 Å². The van der Waals surface area contributed by atoms with Gasteiger partial charge >= 0.3 is 0 Å². The fourth-order valence-electron chi connectivity index (χ4n) is 1.79. The second-order valence-electron chi connectivity index (χ2n) is 4.33. The Morgan fingerprint density at radius 2 is 1.95 bits per heavy atom. The van der Waals surface area contributed by atoms with Crippen LogP contribution in [0.5, 0.6) is 5.75 Å². The minimum atomic E-state index is -0.0456. The zero-order chi connectivity index (χ0) is 13.7. The summed E-state index contributed by atoms with van der Waals surface area (Å²) >= 11 is 0. The molecule has 1 aromatic carbocycles. The molecule has 3 nitrogen and oxygen atoms in total. The molecule has 0 saturated carbocycles. The van der Waals surface area contributed by atoms with Crippen molar-refractivity contribution in [1.82, 2.24) is 4.98 Å². The number of pyridine rings is 1. The molecule has 0 saturated heterocycles. The van der Waals surface area contributed by atoms with E-state index in [0.717, 1.165) is 5.56 Å². The third-order valence-corrected chi connectivity index (χ3v) is 2.92. The van der Waals surface area contributed by atoms with Crippen LogP contribution in [0, 0.1) is 0 Å². The summed E-state index contributed by atoms with van der Waals surface area (Å²) in [5, 5.41) is 0. The lowest BCUT2D eigenvalue weighted by molar-refractivity contribution is 0.0983. The van der Waals surface area contributed by atoms with Gasteiger partial charge in [-0.2, -0.15) is 0 Å². The van der Waals surface area contributed by atoms with Gasteiger partial charge in [-0.05, 0) is 24.6 Å². The van der Waals surface area contributed by atoms with E-state index in [-0.39, 0.29) is 11.9 Å². The molecule has 0 amide bonds. The number of carbonyl (C=O) groups excluding carboxylic acids is 1. The van der Waals surface area contributed by atoms with Crippen LogP contribution >= 0.6 is 0 Å². The maximum atomic E-state index is 11.5. The quantitative estimate of drug-likeness (QED) is 0.762. The van der Waals surface area contributed by atoms with Crippen LogP contribution in [0.15, 0.2) is 48.7 Å². The molecule has 0 radical (unpaired) electrons. The first kappa shape index (κ1) is 13.3. The monoisotopic (exact) mass is 255 g/mol. The van der Waals surface area contributed by atoms with Crippen LogP contribution in [0.1, 0.15) is 42.4 Å². The summed E-state index contributed by atoms with van der Waals surface area (Å²) in [5.41, 5.74) is 1.60. The van der Waals surface area contributed by atoms with Gasteiger partial charge in [-0.1, -0.05) is 37.3 Å². The molecule has 1 atom stereocenters. The smallest absolute Gasteiger partial charge is 0.180 e. The number of rotatable bonds is 5. The van der Waals surface area contributed by atoms with Gasteiger partial charge in [0.05, 0.1) is 6.20 Å². The standard InChI is InChI=1S/C16H17NO2/c1-3-16(18)15-10-9-14(11-17-15)19-12(2)13-7-5-4-6-8-13/h4-12H,3H2,1-2H3. The third kappa shape index (κ3) is 3.41. The minimum absolute atomic E-state index is 0.0441.